The summed E-state index contributed by atoms with van der Waals surface area (Å²) in [5.74, 6) is 0.367. The van der Waals surface area contributed by atoms with Crippen molar-refractivity contribution in [2.45, 2.75) is 6.92 Å². The molecule has 0 aliphatic rings. The third kappa shape index (κ3) is 2.22. The number of methoxy groups -OCH3 is 1. The molecule has 0 aliphatic carbocycles. The number of para-hydroxylation sites is 1. The topological polar surface area (TPSA) is 51.3 Å². The van der Waals surface area contributed by atoms with Gasteiger partial charge in [-0.25, -0.2) is 4.79 Å². The van der Waals surface area contributed by atoms with Crippen molar-refractivity contribution in [3.63, 3.8) is 0 Å². The van der Waals surface area contributed by atoms with E-state index in [4.69, 9.17) is 9.47 Å². The summed E-state index contributed by atoms with van der Waals surface area (Å²) in [6, 6.07) is 9.39. The Hall–Kier alpha value is -2.23. The van der Waals surface area contributed by atoms with Gasteiger partial charge < -0.3 is 14.5 Å². The molecular formula is C14H15NO3. The molecule has 0 radical (unpaired) electrons. The smallest absolute Gasteiger partial charge is 0.355 e. The van der Waals surface area contributed by atoms with E-state index in [1.54, 1.807) is 20.2 Å². The molecule has 4 heteroatoms. The summed E-state index contributed by atoms with van der Waals surface area (Å²) in [6.07, 6.45) is 1.72. The molecule has 0 fully saturated rings. The van der Waals surface area contributed by atoms with E-state index in [0.717, 1.165) is 16.9 Å². The van der Waals surface area contributed by atoms with Crippen LogP contribution in [0.5, 0.6) is 5.75 Å². The lowest BCUT2D eigenvalue weighted by atomic mass is 10.1. The van der Waals surface area contributed by atoms with Gasteiger partial charge in [-0.2, -0.15) is 0 Å². The minimum absolute atomic E-state index is 0.350. The summed E-state index contributed by atoms with van der Waals surface area (Å²) in [4.78, 5) is 14.7. The summed E-state index contributed by atoms with van der Waals surface area (Å²) in [7, 11) is 1.61. The fraction of sp³-hybridized carbons (Fsp3) is 0.214. The molecule has 0 unspecified atom stereocenters. The molecule has 4 nitrogen and oxygen atoms in total. The molecule has 1 aromatic heterocycles. The summed E-state index contributed by atoms with van der Waals surface area (Å²) >= 11 is 0. The standard InChI is InChI=1S/C14H15NO3/c1-3-18-14(16)13-11(8-9-15-13)10-6-4-5-7-12(10)17-2/h4-9,15H,3H2,1-2H3. The highest BCUT2D eigenvalue weighted by Gasteiger charge is 2.17. The number of esters is 1. The number of H-pyrrole nitrogens is 1. The molecule has 94 valence electrons. The first kappa shape index (κ1) is 12.2. The molecule has 0 saturated heterocycles. The van der Waals surface area contributed by atoms with Crippen molar-refractivity contribution in [1.29, 1.82) is 0 Å². The molecule has 0 saturated carbocycles. The average molecular weight is 245 g/mol. The van der Waals surface area contributed by atoms with Crippen molar-refractivity contribution >= 4 is 5.97 Å². The highest BCUT2D eigenvalue weighted by atomic mass is 16.5. The van der Waals surface area contributed by atoms with Crippen LogP contribution in [0.1, 0.15) is 17.4 Å². The molecule has 0 bridgehead atoms. The summed E-state index contributed by atoms with van der Waals surface area (Å²) < 4.78 is 10.3. The van der Waals surface area contributed by atoms with Crippen molar-refractivity contribution in [1.82, 2.24) is 4.98 Å². The normalized spacial score (nSPS) is 10.1. The van der Waals surface area contributed by atoms with Crippen LogP contribution >= 0.6 is 0 Å². The minimum Gasteiger partial charge on any atom is -0.496 e. The number of ether oxygens (including phenoxy) is 2. The Morgan fingerprint density at radius 1 is 1.22 bits per heavy atom. The van der Waals surface area contributed by atoms with Crippen LogP contribution in [0.4, 0.5) is 0 Å². The van der Waals surface area contributed by atoms with Gasteiger partial charge in [0, 0.05) is 17.3 Å². The Balaban J connectivity index is 2.45. The van der Waals surface area contributed by atoms with Gasteiger partial charge in [0.15, 0.2) is 0 Å². The van der Waals surface area contributed by atoms with E-state index in [1.807, 2.05) is 30.3 Å². The van der Waals surface area contributed by atoms with Gasteiger partial charge in [0.2, 0.25) is 0 Å². The van der Waals surface area contributed by atoms with E-state index in [9.17, 15) is 4.79 Å². The van der Waals surface area contributed by atoms with Crippen LogP contribution in [-0.2, 0) is 4.74 Å². The van der Waals surface area contributed by atoms with Gasteiger partial charge in [0.05, 0.1) is 13.7 Å². The lowest BCUT2D eigenvalue weighted by Gasteiger charge is -2.08. The van der Waals surface area contributed by atoms with Crippen LogP contribution in [0.15, 0.2) is 36.5 Å². The molecule has 0 aliphatic heterocycles. The Morgan fingerprint density at radius 2 is 2.00 bits per heavy atom. The molecule has 1 N–H and O–H groups in total. The highest BCUT2D eigenvalue weighted by molar-refractivity contribution is 5.96. The average Bonchev–Trinajstić information content (AvgIpc) is 2.88. The third-order valence-electron chi connectivity index (χ3n) is 2.62. The van der Waals surface area contributed by atoms with E-state index in [-0.39, 0.29) is 5.97 Å². The molecule has 0 spiro atoms. The second kappa shape index (κ2) is 5.40. The number of carbonyl (C=O) groups is 1. The molecule has 1 aromatic carbocycles. The van der Waals surface area contributed by atoms with Crippen LogP contribution in [0, 0.1) is 0 Å². The number of hydrogen-bond acceptors (Lipinski definition) is 3. The van der Waals surface area contributed by atoms with Gasteiger partial charge in [0.1, 0.15) is 11.4 Å². The number of aromatic amines is 1. The van der Waals surface area contributed by atoms with Crippen LogP contribution < -0.4 is 4.74 Å². The van der Waals surface area contributed by atoms with Crippen LogP contribution in [-0.4, -0.2) is 24.7 Å². The van der Waals surface area contributed by atoms with Gasteiger partial charge in [0.25, 0.3) is 0 Å². The first-order chi connectivity index (χ1) is 8.77. The number of rotatable bonds is 4. The zero-order valence-corrected chi connectivity index (χ0v) is 10.4. The van der Waals surface area contributed by atoms with Crippen LogP contribution in [0.2, 0.25) is 0 Å². The Labute approximate surface area is 106 Å². The van der Waals surface area contributed by atoms with Crippen molar-refractivity contribution in [3.05, 3.63) is 42.2 Å². The number of hydrogen-bond donors (Lipinski definition) is 1. The van der Waals surface area contributed by atoms with E-state index in [0.29, 0.717) is 12.3 Å². The maximum absolute atomic E-state index is 11.8. The molecule has 2 aromatic rings. The maximum atomic E-state index is 11.8. The minimum atomic E-state index is -0.358. The fourth-order valence-corrected chi connectivity index (χ4v) is 1.83. The van der Waals surface area contributed by atoms with E-state index in [2.05, 4.69) is 4.98 Å². The maximum Gasteiger partial charge on any atom is 0.355 e. The largest absolute Gasteiger partial charge is 0.496 e. The Morgan fingerprint density at radius 3 is 2.72 bits per heavy atom. The number of carbonyl (C=O) groups excluding carboxylic acids is 1. The zero-order chi connectivity index (χ0) is 13.0. The fourth-order valence-electron chi connectivity index (χ4n) is 1.83. The second-order valence-electron chi connectivity index (χ2n) is 3.69. The van der Waals surface area contributed by atoms with E-state index in [1.165, 1.54) is 0 Å². The molecule has 1 heterocycles. The summed E-state index contributed by atoms with van der Waals surface area (Å²) in [5, 5.41) is 0. The Kier molecular flexibility index (Phi) is 3.67. The van der Waals surface area contributed by atoms with Gasteiger partial charge >= 0.3 is 5.97 Å². The zero-order valence-electron chi connectivity index (χ0n) is 10.4. The summed E-state index contributed by atoms with van der Waals surface area (Å²) in [6.45, 7) is 2.13. The van der Waals surface area contributed by atoms with E-state index >= 15 is 0 Å². The van der Waals surface area contributed by atoms with E-state index < -0.39 is 0 Å². The van der Waals surface area contributed by atoms with Crippen molar-refractivity contribution < 1.29 is 14.3 Å². The van der Waals surface area contributed by atoms with Crippen LogP contribution in [0.3, 0.4) is 0 Å². The molecule has 18 heavy (non-hydrogen) atoms. The SMILES string of the molecule is CCOC(=O)c1[nH]ccc1-c1ccccc1OC. The van der Waals surface area contributed by atoms with Crippen molar-refractivity contribution in [2.75, 3.05) is 13.7 Å². The lowest BCUT2D eigenvalue weighted by Crippen LogP contribution is -2.06. The predicted molar refractivity (Wildman–Crippen MR) is 68.7 cm³/mol. The quantitative estimate of drug-likeness (QED) is 0.843. The second-order valence-corrected chi connectivity index (χ2v) is 3.69. The highest BCUT2D eigenvalue weighted by Crippen LogP contribution is 2.31. The monoisotopic (exact) mass is 245 g/mol. The third-order valence-corrected chi connectivity index (χ3v) is 2.62. The first-order valence-electron chi connectivity index (χ1n) is 5.75. The molecule has 0 atom stereocenters. The number of aromatic nitrogens is 1. The van der Waals surface area contributed by atoms with Crippen molar-refractivity contribution in [2.24, 2.45) is 0 Å². The lowest BCUT2D eigenvalue weighted by molar-refractivity contribution is 0.0521. The van der Waals surface area contributed by atoms with Crippen LogP contribution in [0.25, 0.3) is 11.1 Å². The van der Waals surface area contributed by atoms with Crippen molar-refractivity contribution in [3.8, 4) is 16.9 Å². The molecular weight excluding hydrogens is 230 g/mol. The summed E-state index contributed by atoms with van der Waals surface area (Å²) in [5.41, 5.74) is 2.09. The van der Waals surface area contributed by atoms with Gasteiger partial charge in [-0.3, -0.25) is 0 Å². The number of nitrogens with one attached hydrogen (secondary N) is 1. The first-order valence-corrected chi connectivity index (χ1v) is 5.75. The van der Waals surface area contributed by atoms with Gasteiger partial charge in [-0.1, -0.05) is 18.2 Å². The predicted octanol–water partition coefficient (Wildman–Crippen LogP) is 2.87. The molecule has 2 rings (SSSR count). The molecule has 0 amide bonds. The Bertz CT molecular complexity index is 545. The van der Waals surface area contributed by atoms with Gasteiger partial charge in [-0.15, -0.1) is 0 Å². The van der Waals surface area contributed by atoms with Gasteiger partial charge in [-0.05, 0) is 19.1 Å². The number of benzene rings is 1.